The Morgan fingerprint density at radius 2 is 1.94 bits per heavy atom. The number of rotatable bonds is 9. The molecule has 0 heterocycles. The molecule has 2 aromatic carbocycles. The van der Waals surface area contributed by atoms with E-state index in [9.17, 15) is 18.0 Å². The number of Topliss-reactive ketones (excluding diaryl/α,β-unsaturated/α-hetero) is 1. The fourth-order valence-electron chi connectivity index (χ4n) is 5.85. The van der Waals surface area contributed by atoms with E-state index in [1.165, 1.54) is 0 Å². The minimum atomic E-state index is -3.95. The molecule has 2 aliphatic carbocycles. The van der Waals surface area contributed by atoms with Crippen LogP contribution in [0.15, 0.2) is 42.5 Å². The van der Waals surface area contributed by atoms with Gasteiger partial charge in [-0.1, -0.05) is 56.3 Å². The van der Waals surface area contributed by atoms with E-state index in [1.54, 1.807) is 0 Å². The van der Waals surface area contributed by atoms with Gasteiger partial charge in [0.05, 0.1) is 18.2 Å². The second kappa shape index (κ2) is 9.12. The highest BCUT2D eigenvalue weighted by molar-refractivity contribution is 7.89. The van der Waals surface area contributed by atoms with Crippen LogP contribution in [0.1, 0.15) is 45.1 Å². The third-order valence-electron chi connectivity index (χ3n) is 8.00. The molecule has 3 unspecified atom stereocenters. The third kappa shape index (κ3) is 4.47. The zero-order chi connectivity index (χ0) is 24.6. The van der Waals surface area contributed by atoms with Crippen LogP contribution in [0.3, 0.4) is 0 Å². The Kier molecular flexibility index (Phi) is 6.54. The summed E-state index contributed by atoms with van der Waals surface area (Å²) in [5.74, 6) is -0.561. The summed E-state index contributed by atoms with van der Waals surface area (Å²) < 4.78 is 29.3. The van der Waals surface area contributed by atoms with Gasteiger partial charge in [0.25, 0.3) is 0 Å². The number of ketones is 1. The number of sulfonamides is 1. The van der Waals surface area contributed by atoms with E-state index < -0.39 is 27.4 Å². The first-order valence-electron chi connectivity index (χ1n) is 11.7. The van der Waals surface area contributed by atoms with Gasteiger partial charge < -0.3 is 5.32 Å². The number of hydrogen-bond acceptors (Lipinski definition) is 5. The van der Waals surface area contributed by atoms with Gasteiger partial charge in [0.15, 0.2) is 0 Å². The van der Waals surface area contributed by atoms with Gasteiger partial charge in [-0.2, -0.15) is 5.26 Å². The maximum Gasteiger partial charge on any atom is 0.238 e. The van der Waals surface area contributed by atoms with Gasteiger partial charge in [-0.05, 0) is 46.9 Å². The molecular formula is C26H31N3O4S. The fourth-order valence-corrected chi connectivity index (χ4v) is 7.88. The molecule has 0 saturated heterocycles. The van der Waals surface area contributed by atoms with E-state index in [0.717, 1.165) is 22.8 Å². The van der Waals surface area contributed by atoms with Crippen molar-refractivity contribution in [1.29, 1.82) is 5.26 Å². The number of nitriles is 1. The minimum absolute atomic E-state index is 0.0173. The van der Waals surface area contributed by atoms with Crippen molar-refractivity contribution in [2.45, 2.75) is 52.0 Å². The molecule has 0 aromatic heterocycles. The highest BCUT2D eigenvalue weighted by Crippen LogP contribution is 2.64. The molecule has 8 heteroatoms. The number of nitrogens with one attached hydrogen (secondary N) is 2. The average Bonchev–Trinajstić information content (AvgIpc) is 3.12. The lowest BCUT2D eigenvalue weighted by Gasteiger charge is -2.36. The monoisotopic (exact) mass is 481 g/mol. The van der Waals surface area contributed by atoms with E-state index in [2.05, 4.69) is 10.0 Å². The van der Waals surface area contributed by atoms with E-state index in [1.807, 2.05) is 62.4 Å². The predicted molar refractivity (Wildman–Crippen MR) is 130 cm³/mol. The Labute approximate surface area is 201 Å². The summed E-state index contributed by atoms with van der Waals surface area (Å²) in [6, 6.07) is 14.5. The highest BCUT2D eigenvalue weighted by Gasteiger charge is 2.65. The van der Waals surface area contributed by atoms with Crippen molar-refractivity contribution in [3.63, 3.8) is 0 Å². The molecule has 2 aliphatic rings. The average molecular weight is 482 g/mol. The lowest BCUT2D eigenvalue weighted by Crippen LogP contribution is -2.52. The topological polar surface area (TPSA) is 116 Å². The number of nitrogens with zero attached hydrogens (tertiary/aromatic N) is 1. The molecule has 1 amide bonds. The standard InChI is InChI=1S/C26H31N3O4S/c1-25(2)21-10-11-26(25,23(30)16-21)17-34(32,33)29-22(24(31)28-13-5-12-27)15-18-8-9-19-6-3-4-7-20(19)14-18/h3-4,6-9,14,21-22,29H,5,10-11,13,15-17H2,1-2H3,(H,28,31). The van der Waals surface area contributed by atoms with E-state index in [-0.39, 0.29) is 42.3 Å². The molecule has 2 saturated carbocycles. The molecule has 180 valence electrons. The first-order chi connectivity index (χ1) is 16.1. The van der Waals surface area contributed by atoms with Gasteiger partial charge in [-0.15, -0.1) is 0 Å². The van der Waals surface area contributed by atoms with Gasteiger partial charge in [-0.3, -0.25) is 9.59 Å². The van der Waals surface area contributed by atoms with Gasteiger partial charge in [0, 0.05) is 18.4 Å². The minimum Gasteiger partial charge on any atom is -0.354 e. The number of hydrogen-bond donors (Lipinski definition) is 2. The van der Waals surface area contributed by atoms with Crippen molar-refractivity contribution in [3.8, 4) is 6.07 Å². The van der Waals surface area contributed by atoms with Crippen LogP contribution in [-0.2, 0) is 26.0 Å². The summed E-state index contributed by atoms with van der Waals surface area (Å²) in [5.41, 5.74) is -0.478. The molecule has 0 spiro atoms. The Morgan fingerprint density at radius 3 is 2.59 bits per heavy atom. The smallest absolute Gasteiger partial charge is 0.238 e. The number of carbonyl (C=O) groups is 2. The molecule has 4 rings (SSSR count). The van der Waals surface area contributed by atoms with E-state index in [4.69, 9.17) is 5.26 Å². The number of carbonyl (C=O) groups excluding carboxylic acids is 2. The molecule has 2 N–H and O–H groups in total. The van der Waals surface area contributed by atoms with Crippen LogP contribution in [0.5, 0.6) is 0 Å². The fraction of sp³-hybridized carbons (Fsp3) is 0.500. The van der Waals surface area contributed by atoms with Crippen molar-refractivity contribution in [1.82, 2.24) is 10.0 Å². The summed E-state index contributed by atoms with van der Waals surface area (Å²) in [6.07, 6.45) is 2.14. The second-order valence-corrected chi connectivity index (χ2v) is 11.9. The van der Waals surface area contributed by atoms with E-state index >= 15 is 0 Å². The number of fused-ring (bicyclic) bond motifs is 3. The molecule has 2 bridgehead atoms. The molecule has 0 aliphatic heterocycles. The Morgan fingerprint density at radius 1 is 1.21 bits per heavy atom. The highest BCUT2D eigenvalue weighted by atomic mass is 32.2. The molecule has 0 radical (unpaired) electrons. The van der Waals surface area contributed by atoms with Crippen molar-refractivity contribution in [2.75, 3.05) is 12.3 Å². The number of amides is 1. The molecular weight excluding hydrogens is 450 g/mol. The molecule has 7 nitrogen and oxygen atoms in total. The van der Waals surface area contributed by atoms with Gasteiger partial charge in [-0.25, -0.2) is 13.1 Å². The Balaban J connectivity index is 1.57. The number of benzene rings is 2. The Hall–Kier alpha value is -2.76. The summed E-state index contributed by atoms with van der Waals surface area (Å²) in [6.45, 7) is 4.13. The van der Waals surface area contributed by atoms with Gasteiger partial charge in [0.1, 0.15) is 11.8 Å². The zero-order valence-corrected chi connectivity index (χ0v) is 20.5. The predicted octanol–water partition coefficient (Wildman–Crippen LogP) is 3.10. The van der Waals surface area contributed by atoms with Crippen molar-refractivity contribution in [2.24, 2.45) is 16.7 Å². The molecule has 2 aromatic rings. The van der Waals surface area contributed by atoms with Crippen molar-refractivity contribution < 1.29 is 18.0 Å². The van der Waals surface area contributed by atoms with Crippen LogP contribution in [0, 0.1) is 28.1 Å². The van der Waals surface area contributed by atoms with Gasteiger partial charge >= 0.3 is 0 Å². The quantitative estimate of drug-likeness (QED) is 0.534. The summed E-state index contributed by atoms with van der Waals surface area (Å²) in [5, 5.41) is 13.5. The van der Waals surface area contributed by atoms with E-state index in [0.29, 0.717) is 12.8 Å². The van der Waals surface area contributed by atoms with Crippen molar-refractivity contribution in [3.05, 3.63) is 48.0 Å². The van der Waals surface area contributed by atoms with Crippen LogP contribution in [0.25, 0.3) is 10.8 Å². The molecule has 2 fully saturated rings. The van der Waals surface area contributed by atoms with Crippen LogP contribution in [0.4, 0.5) is 0 Å². The Bertz CT molecular complexity index is 1260. The third-order valence-corrected chi connectivity index (χ3v) is 9.52. The first kappa shape index (κ1) is 24.4. The lowest BCUT2D eigenvalue weighted by atomic mass is 9.70. The normalized spacial score (nSPS) is 24.1. The molecule has 34 heavy (non-hydrogen) atoms. The van der Waals surface area contributed by atoms with Crippen LogP contribution < -0.4 is 10.0 Å². The SMILES string of the molecule is CC1(C)C2CCC1(CS(=O)(=O)NC(Cc1ccc3ccccc3c1)C(=O)NCCC#N)C(=O)C2. The van der Waals surface area contributed by atoms with Crippen LogP contribution >= 0.6 is 0 Å². The van der Waals surface area contributed by atoms with Crippen LogP contribution in [-0.4, -0.2) is 38.4 Å². The van der Waals surface area contributed by atoms with Crippen LogP contribution in [0.2, 0.25) is 0 Å². The maximum atomic E-state index is 13.4. The largest absolute Gasteiger partial charge is 0.354 e. The summed E-state index contributed by atoms with van der Waals surface area (Å²) in [4.78, 5) is 25.8. The zero-order valence-electron chi connectivity index (χ0n) is 19.6. The van der Waals surface area contributed by atoms with Gasteiger partial charge in [0.2, 0.25) is 15.9 Å². The summed E-state index contributed by atoms with van der Waals surface area (Å²) in [7, 11) is -3.95. The molecule has 3 atom stereocenters. The maximum absolute atomic E-state index is 13.4. The van der Waals surface area contributed by atoms with Crippen molar-refractivity contribution >= 4 is 32.5 Å². The lowest BCUT2D eigenvalue weighted by molar-refractivity contribution is -0.128. The summed E-state index contributed by atoms with van der Waals surface area (Å²) >= 11 is 0. The first-order valence-corrected chi connectivity index (χ1v) is 13.4. The second-order valence-electron chi connectivity index (χ2n) is 10.2.